The zero-order valence-electron chi connectivity index (χ0n) is 10.5. The van der Waals surface area contributed by atoms with E-state index < -0.39 is 11.7 Å². The molecule has 0 radical (unpaired) electrons. The van der Waals surface area contributed by atoms with Gasteiger partial charge in [0.25, 0.3) is 0 Å². The van der Waals surface area contributed by atoms with E-state index in [9.17, 15) is 13.2 Å². The van der Waals surface area contributed by atoms with Gasteiger partial charge in [-0.05, 0) is 18.2 Å². The summed E-state index contributed by atoms with van der Waals surface area (Å²) in [6.45, 7) is 0. The zero-order chi connectivity index (χ0) is 14.8. The molecule has 1 aromatic carbocycles. The monoisotopic (exact) mass is 283 g/mol. The first-order chi connectivity index (χ1) is 9.41. The zero-order valence-corrected chi connectivity index (χ0v) is 10.5. The van der Waals surface area contributed by atoms with Gasteiger partial charge in [0.05, 0.1) is 24.0 Å². The third kappa shape index (κ3) is 2.93. The maximum absolute atomic E-state index is 12.7. The average molecular weight is 283 g/mol. The number of hydrogen-bond acceptors (Lipinski definition) is 4. The number of nitrogen functional groups attached to an aromatic ring is 1. The van der Waals surface area contributed by atoms with Gasteiger partial charge in [-0.1, -0.05) is 12.1 Å². The molecule has 1 aromatic heterocycles. The van der Waals surface area contributed by atoms with Crippen LogP contribution in [0.2, 0.25) is 0 Å². The number of nitrogens with two attached hydrogens (primary N) is 1. The van der Waals surface area contributed by atoms with Crippen LogP contribution in [0.4, 0.5) is 30.4 Å². The Kier molecular flexibility index (Phi) is 3.69. The fourth-order valence-corrected chi connectivity index (χ4v) is 1.62. The van der Waals surface area contributed by atoms with E-state index in [0.29, 0.717) is 17.6 Å². The van der Waals surface area contributed by atoms with Crippen molar-refractivity contribution in [3.8, 4) is 5.75 Å². The number of alkyl halides is 3. The third-order valence-corrected chi connectivity index (χ3v) is 2.62. The first kappa shape index (κ1) is 14.0. The molecule has 0 aliphatic carbocycles. The fourth-order valence-electron chi connectivity index (χ4n) is 1.62. The molecule has 3 N–H and O–H groups in total. The van der Waals surface area contributed by atoms with Crippen molar-refractivity contribution in [1.29, 1.82) is 0 Å². The van der Waals surface area contributed by atoms with Gasteiger partial charge in [-0.15, -0.1) is 0 Å². The number of benzene rings is 1. The molecule has 4 nitrogen and oxygen atoms in total. The summed E-state index contributed by atoms with van der Waals surface area (Å²) in [6, 6.07) is 7.73. The number of anilines is 3. The van der Waals surface area contributed by atoms with E-state index in [4.69, 9.17) is 10.5 Å². The summed E-state index contributed by atoms with van der Waals surface area (Å²) in [7, 11) is 1.47. The molecule has 106 valence electrons. The molecular weight excluding hydrogens is 271 g/mol. The van der Waals surface area contributed by atoms with Crippen LogP contribution in [0.15, 0.2) is 36.5 Å². The van der Waals surface area contributed by atoms with Crippen molar-refractivity contribution in [2.75, 3.05) is 18.2 Å². The summed E-state index contributed by atoms with van der Waals surface area (Å²) >= 11 is 0. The Morgan fingerprint density at radius 2 is 1.90 bits per heavy atom. The topological polar surface area (TPSA) is 60.2 Å². The lowest BCUT2D eigenvalue weighted by Crippen LogP contribution is -2.08. The predicted octanol–water partition coefficient (Wildman–Crippen LogP) is 3.43. The van der Waals surface area contributed by atoms with Gasteiger partial charge in [0, 0.05) is 6.20 Å². The van der Waals surface area contributed by atoms with Gasteiger partial charge in [0.15, 0.2) is 0 Å². The van der Waals surface area contributed by atoms with Crippen LogP contribution in [0.5, 0.6) is 5.75 Å². The lowest BCUT2D eigenvalue weighted by molar-refractivity contribution is -0.137. The molecule has 0 amide bonds. The third-order valence-electron chi connectivity index (χ3n) is 2.62. The van der Waals surface area contributed by atoms with Crippen molar-refractivity contribution in [3.05, 3.63) is 42.1 Å². The number of methoxy groups -OCH3 is 1. The minimum Gasteiger partial charge on any atom is -0.495 e. The van der Waals surface area contributed by atoms with Crippen LogP contribution in [0.3, 0.4) is 0 Å². The van der Waals surface area contributed by atoms with Crippen LogP contribution in [0.1, 0.15) is 5.56 Å². The molecular formula is C13H12F3N3O. The van der Waals surface area contributed by atoms with Crippen LogP contribution < -0.4 is 15.8 Å². The molecule has 7 heteroatoms. The summed E-state index contributed by atoms with van der Waals surface area (Å²) in [5.41, 5.74) is 5.30. The Labute approximate surface area is 113 Å². The number of rotatable bonds is 3. The minimum atomic E-state index is -4.47. The summed E-state index contributed by atoms with van der Waals surface area (Å²) in [5.74, 6) is 0.466. The van der Waals surface area contributed by atoms with E-state index in [1.54, 1.807) is 24.3 Å². The Hall–Kier alpha value is -2.44. The molecule has 0 saturated carbocycles. The lowest BCUT2D eigenvalue weighted by Gasteiger charge is -2.14. The highest BCUT2D eigenvalue weighted by Crippen LogP contribution is 2.34. The van der Waals surface area contributed by atoms with Crippen LogP contribution in [-0.2, 0) is 6.18 Å². The summed E-state index contributed by atoms with van der Waals surface area (Å²) in [6.07, 6.45) is -3.78. The second-order valence-electron chi connectivity index (χ2n) is 3.98. The summed E-state index contributed by atoms with van der Waals surface area (Å²) < 4.78 is 43.1. The van der Waals surface area contributed by atoms with E-state index in [1.165, 1.54) is 7.11 Å². The minimum absolute atomic E-state index is 0.0242. The molecule has 2 aromatic rings. The number of halogens is 3. The number of nitrogens with zero attached hydrogens (tertiary/aromatic N) is 1. The molecule has 1 heterocycles. The molecule has 0 spiro atoms. The van der Waals surface area contributed by atoms with Crippen molar-refractivity contribution in [2.45, 2.75) is 6.18 Å². The van der Waals surface area contributed by atoms with Gasteiger partial charge in [0.1, 0.15) is 11.6 Å². The second-order valence-corrected chi connectivity index (χ2v) is 3.98. The molecule has 0 atom stereocenters. The predicted molar refractivity (Wildman–Crippen MR) is 69.9 cm³/mol. The van der Waals surface area contributed by atoms with E-state index in [0.717, 1.165) is 6.07 Å². The number of pyridine rings is 1. The maximum Gasteiger partial charge on any atom is 0.417 e. The molecule has 0 aliphatic heterocycles. The van der Waals surface area contributed by atoms with Crippen molar-refractivity contribution < 1.29 is 17.9 Å². The first-order valence-corrected chi connectivity index (χ1v) is 5.64. The molecule has 0 unspecified atom stereocenters. The van der Waals surface area contributed by atoms with Gasteiger partial charge in [-0.25, -0.2) is 4.98 Å². The van der Waals surface area contributed by atoms with Crippen LogP contribution in [0.25, 0.3) is 0 Å². The normalized spacial score (nSPS) is 11.2. The Morgan fingerprint density at radius 3 is 2.55 bits per heavy atom. The molecule has 0 bridgehead atoms. The van der Waals surface area contributed by atoms with Crippen molar-refractivity contribution in [3.63, 3.8) is 0 Å². The Bertz CT molecular complexity index is 614. The smallest absolute Gasteiger partial charge is 0.417 e. The van der Waals surface area contributed by atoms with Gasteiger partial charge in [-0.3, -0.25) is 0 Å². The first-order valence-electron chi connectivity index (χ1n) is 5.64. The highest BCUT2D eigenvalue weighted by molar-refractivity contribution is 5.73. The van der Waals surface area contributed by atoms with Crippen LogP contribution in [-0.4, -0.2) is 12.1 Å². The Balaban J connectivity index is 2.38. The number of ether oxygens (including phenoxy) is 1. The van der Waals surface area contributed by atoms with E-state index in [-0.39, 0.29) is 11.5 Å². The summed E-state index contributed by atoms with van der Waals surface area (Å²) in [5, 5.41) is 2.79. The molecule has 0 saturated heterocycles. The summed E-state index contributed by atoms with van der Waals surface area (Å²) in [4.78, 5) is 3.55. The lowest BCUT2D eigenvalue weighted by atomic mass is 10.2. The van der Waals surface area contributed by atoms with Crippen molar-refractivity contribution in [1.82, 2.24) is 4.98 Å². The maximum atomic E-state index is 12.7. The molecule has 0 aliphatic rings. The Morgan fingerprint density at radius 1 is 1.20 bits per heavy atom. The molecule has 20 heavy (non-hydrogen) atoms. The molecule has 2 rings (SSSR count). The fraction of sp³-hybridized carbons (Fsp3) is 0.154. The van der Waals surface area contributed by atoms with Gasteiger partial charge in [0.2, 0.25) is 0 Å². The van der Waals surface area contributed by atoms with E-state index in [2.05, 4.69) is 10.3 Å². The van der Waals surface area contributed by atoms with Gasteiger partial charge < -0.3 is 15.8 Å². The van der Waals surface area contributed by atoms with Gasteiger partial charge in [-0.2, -0.15) is 13.2 Å². The number of nitrogens with one attached hydrogen (secondary N) is 1. The van der Waals surface area contributed by atoms with E-state index >= 15 is 0 Å². The van der Waals surface area contributed by atoms with Gasteiger partial charge >= 0.3 is 6.18 Å². The highest BCUT2D eigenvalue weighted by Gasteiger charge is 2.31. The van der Waals surface area contributed by atoms with Crippen molar-refractivity contribution >= 4 is 17.2 Å². The largest absolute Gasteiger partial charge is 0.495 e. The standard InChI is InChI=1S/C13H12F3N3O/c1-20-11-5-3-2-4-9(11)19-10-6-8(13(14,15)16)7-18-12(10)17/h2-7,19H,1H3,(H2,17,18). The van der Waals surface area contributed by atoms with Crippen LogP contribution >= 0.6 is 0 Å². The number of aromatic nitrogens is 1. The van der Waals surface area contributed by atoms with Crippen molar-refractivity contribution in [2.24, 2.45) is 0 Å². The second kappa shape index (κ2) is 5.28. The number of hydrogen-bond donors (Lipinski definition) is 2. The average Bonchev–Trinajstić information content (AvgIpc) is 2.40. The van der Waals surface area contributed by atoms with Crippen LogP contribution in [0, 0.1) is 0 Å². The highest BCUT2D eigenvalue weighted by atomic mass is 19.4. The SMILES string of the molecule is COc1ccccc1Nc1cc(C(F)(F)F)cnc1N. The quantitative estimate of drug-likeness (QED) is 0.906. The number of para-hydroxylation sites is 2. The molecule has 0 fully saturated rings. The van der Waals surface area contributed by atoms with E-state index in [1.807, 2.05) is 0 Å².